The maximum Gasteiger partial charge on any atom is 0.407 e. The van der Waals surface area contributed by atoms with Crippen LogP contribution in [-0.2, 0) is 4.74 Å². The lowest BCUT2D eigenvalue weighted by molar-refractivity contribution is 0.0495. The molecule has 1 rings (SSSR count). The van der Waals surface area contributed by atoms with Crippen LogP contribution in [0.25, 0.3) is 0 Å². The van der Waals surface area contributed by atoms with Gasteiger partial charge >= 0.3 is 6.09 Å². The Bertz CT molecular complexity index is 312. The first-order chi connectivity index (χ1) is 9.23. The van der Waals surface area contributed by atoms with Crippen molar-refractivity contribution >= 4 is 6.09 Å². The zero-order valence-electron chi connectivity index (χ0n) is 14.0. The zero-order valence-corrected chi connectivity index (χ0v) is 14.0. The summed E-state index contributed by atoms with van der Waals surface area (Å²) < 4.78 is 5.29. The van der Waals surface area contributed by atoms with E-state index in [2.05, 4.69) is 24.1 Å². The largest absolute Gasteiger partial charge is 0.444 e. The Morgan fingerprint density at radius 1 is 1.45 bits per heavy atom. The minimum absolute atomic E-state index is 0.118. The van der Waals surface area contributed by atoms with Gasteiger partial charge in [-0.15, -0.1) is 0 Å². The number of alkyl carbamates (subject to hydrolysis) is 1. The predicted octanol–water partition coefficient (Wildman–Crippen LogP) is 3.41. The first kappa shape index (κ1) is 17.3. The zero-order chi connectivity index (χ0) is 15.3. The first-order valence-electron chi connectivity index (χ1n) is 7.96. The van der Waals surface area contributed by atoms with E-state index < -0.39 is 5.60 Å². The standard InChI is InChI=1S/C16H32N2O2/c1-7-8-14-9-10-18(13(14)3)11-12(2)17-15(19)20-16(4,5)6/h12-14H,7-11H2,1-6H3,(H,17,19)/t12-,13+,14?/m1/s1. The van der Waals surface area contributed by atoms with E-state index in [4.69, 9.17) is 4.74 Å². The third-order valence-corrected chi connectivity index (χ3v) is 3.98. The third kappa shape index (κ3) is 5.70. The smallest absolute Gasteiger partial charge is 0.407 e. The van der Waals surface area contributed by atoms with Crippen molar-refractivity contribution in [1.82, 2.24) is 10.2 Å². The molecule has 0 aliphatic carbocycles. The minimum atomic E-state index is -0.434. The summed E-state index contributed by atoms with van der Waals surface area (Å²) in [7, 11) is 0. The summed E-state index contributed by atoms with van der Waals surface area (Å²) in [6.07, 6.45) is 3.54. The van der Waals surface area contributed by atoms with Gasteiger partial charge in [0.15, 0.2) is 0 Å². The number of carbonyl (C=O) groups is 1. The molecule has 118 valence electrons. The molecule has 1 unspecified atom stereocenters. The van der Waals surface area contributed by atoms with Crippen LogP contribution in [0.4, 0.5) is 4.79 Å². The molecule has 1 fully saturated rings. The van der Waals surface area contributed by atoms with Crippen LogP contribution < -0.4 is 5.32 Å². The van der Waals surface area contributed by atoms with Gasteiger partial charge < -0.3 is 10.1 Å². The molecule has 1 N–H and O–H groups in total. The summed E-state index contributed by atoms with van der Waals surface area (Å²) in [5.41, 5.74) is -0.434. The van der Waals surface area contributed by atoms with Crippen molar-refractivity contribution < 1.29 is 9.53 Å². The molecule has 4 nitrogen and oxygen atoms in total. The van der Waals surface area contributed by atoms with Crippen LogP contribution in [0.5, 0.6) is 0 Å². The summed E-state index contributed by atoms with van der Waals surface area (Å²) in [6, 6.07) is 0.741. The molecule has 0 bridgehead atoms. The van der Waals surface area contributed by atoms with Gasteiger partial charge in [0.2, 0.25) is 0 Å². The fraction of sp³-hybridized carbons (Fsp3) is 0.938. The Morgan fingerprint density at radius 3 is 2.65 bits per heavy atom. The lowest BCUT2D eigenvalue weighted by Crippen LogP contribution is -2.45. The molecule has 1 aliphatic rings. The maximum atomic E-state index is 11.7. The van der Waals surface area contributed by atoms with Crippen molar-refractivity contribution in [3.8, 4) is 0 Å². The average Bonchev–Trinajstić information content (AvgIpc) is 2.59. The van der Waals surface area contributed by atoms with Crippen molar-refractivity contribution in [1.29, 1.82) is 0 Å². The summed E-state index contributed by atoms with van der Waals surface area (Å²) in [5.74, 6) is 0.814. The monoisotopic (exact) mass is 284 g/mol. The minimum Gasteiger partial charge on any atom is -0.444 e. The Kier molecular flexibility index (Phi) is 6.31. The molecule has 0 aromatic carbocycles. The predicted molar refractivity (Wildman–Crippen MR) is 82.9 cm³/mol. The number of carbonyl (C=O) groups excluding carboxylic acids is 1. The molecule has 0 aromatic rings. The molecule has 0 radical (unpaired) electrons. The Balaban J connectivity index is 2.36. The van der Waals surface area contributed by atoms with Gasteiger partial charge in [-0.2, -0.15) is 0 Å². The number of hydrogen-bond donors (Lipinski definition) is 1. The first-order valence-corrected chi connectivity index (χ1v) is 7.96. The number of amides is 1. The molecule has 4 heteroatoms. The molecule has 0 spiro atoms. The third-order valence-electron chi connectivity index (χ3n) is 3.98. The van der Waals surface area contributed by atoms with Crippen molar-refractivity contribution in [2.75, 3.05) is 13.1 Å². The average molecular weight is 284 g/mol. The van der Waals surface area contributed by atoms with E-state index in [1.54, 1.807) is 0 Å². The molecule has 0 saturated carbocycles. The van der Waals surface area contributed by atoms with Crippen LogP contribution in [-0.4, -0.2) is 41.8 Å². The van der Waals surface area contributed by atoms with Crippen LogP contribution >= 0.6 is 0 Å². The molecule has 1 heterocycles. The van der Waals surface area contributed by atoms with Gasteiger partial charge in [0, 0.05) is 18.6 Å². The molecule has 0 aromatic heterocycles. The molecule has 3 atom stereocenters. The topological polar surface area (TPSA) is 41.6 Å². The van der Waals surface area contributed by atoms with E-state index in [-0.39, 0.29) is 12.1 Å². The van der Waals surface area contributed by atoms with Crippen molar-refractivity contribution in [2.45, 2.75) is 78.5 Å². The Labute approximate surface area is 124 Å². The number of rotatable bonds is 5. The summed E-state index contributed by atoms with van der Waals surface area (Å²) in [4.78, 5) is 14.2. The van der Waals surface area contributed by atoms with Gasteiger partial charge in [0.25, 0.3) is 0 Å². The summed E-state index contributed by atoms with van der Waals surface area (Å²) >= 11 is 0. The van der Waals surface area contributed by atoms with E-state index >= 15 is 0 Å². The van der Waals surface area contributed by atoms with Crippen LogP contribution in [0, 0.1) is 5.92 Å². The highest BCUT2D eigenvalue weighted by atomic mass is 16.6. The van der Waals surface area contributed by atoms with Gasteiger partial charge in [-0.05, 0) is 59.9 Å². The lowest BCUT2D eigenvalue weighted by atomic mass is 9.96. The van der Waals surface area contributed by atoms with Crippen molar-refractivity contribution in [2.24, 2.45) is 5.92 Å². The van der Waals surface area contributed by atoms with Gasteiger partial charge in [-0.25, -0.2) is 4.79 Å². The number of likely N-dealkylation sites (tertiary alicyclic amines) is 1. The SMILES string of the molecule is CCCC1CCN(C[C@@H](C)NC(=O)OC(C)(C)C)[C@H]1C. The van der Waals surface area contributed by atoms with E-state index in [0.29, 0.717) is 6.04 Å². The van der Waals surface area contributed by atoms with E-state index in [0.717, 1.165) is 19.0 Å². The number of hydrogen-bond acceptors (Lipinski definition) is 3. The van der Waals surface area contributed by atoms with Crippen molar-refractivity contribution in [3.63, 3.8) is 0 Å². The molecular weight excluding hydrogens is 252 g/mol. The van der Waals surface area contributed by atoms with Gasteiger partial charge in [-0.3, -0.25) is 4.90 Å². The van der Waals surface area contributed by atoms with Gasteiger partial charge in [0.1, 0.15) is 5.60 Å². The van der Waals surface area contributed by atoms with Crippen molar-refractivity contribution in [3.05, 3.63) is 0 Å². The quantitative estimate of drug-likeness (QED) is 0.841. The normalized spacial score (nSPS) is 25.5. The fourth-order valence-electron chi connectivity index (χ4n) is 2.99. The summed E-state index contributed by atoms with van der Waals surface area (Å²) in [5, 5.41) is 2.93. The second-order valence-electron chi connectivity index (χ2n) is 7.12. The molecule has 1 amide bonds. The van der Waals surface area contributed by atoms with Gasteiger partial charge in [0.05, 0.1) is 0 Å². The lowest BCUT2D eigenvalue weighted by Gasteiger charge is -2.28. The fourth-order valence-corrected chi connectivity index (χ4v) is 2.99. The van der Waals surface area contributed by atoms with Crippen LogP contribution in [0.1, 0.15) is 60.8 Å². The van der Waals surface area contributed by atoms with Crippen LogP contribution in [0.15, 0.2) is 0 Å². The van der Waals surface area contributed by atoms with Crippen LogP contribution in [0.2, 0.25) is 0 Å². The maximum absolute atomic E-state index is 11.7. The number of ether oxygens (including phenoxy) is 1. The highest BCUT2D eigenvalue weighted by molar-refractivity contribution is 5.68. The highest BCUT2D eigenvalue weighted by Gasteiger charge is 2.30. The van der Waals surface area contributed by atoms with Gasteiger partial charge in [-0.1, -0.05) is 13.3 Å². The number of nitrogens with one attached hydrogen (secondary N) is 1. The Morgan fingerprint density at radius 2 is 2.10 bits per heavy atom. The number of nitrogens with zero attached hydrogens (tertiary/aromatic N) is 1. The molecular formula is C16H32N2O2. The van der Waals surface area contributed by atoms with E-state index in [1.807, 2.05) is 27.7 Å². The summed E-state index contributed by atoms with van der Waals surface area (Å²) in [6.45, 7) is 14.3. The second-order valence-corrected chi connectivity index (χ2v) is 7.12. The van der Waals surface area contributed by atoms with Crippen LogP contribution in [0.3, 0.4) is 0 Å². The molecule has 1 aliphatic heterocycles. The highest BCUT2D eigenvalue weighted by Crippen LogP contribution is 2.27. The molecule has 20 heavy (non-hydrogen) atoms. The Hall–Kier alpha value is -0.770. The second kappa shape index (κ2) is 7.30. The molecule has 1 saturated heterocycles. The van der Waals surface area contributed by atoms with E-state index in [9.17, 15) is 4.79 Å². The van der Waals surface area contributed by atoms with E-state index in [1.165, 1.54) is 19.3 Å².